The van der Waals surface area contributed by atoms with Gasteiger partial charge in [0, 0.05) is 44.9 Å². The predicted molar refractivity (Wildman–Crippen MR) is 619 cm³/mol. The van der Waals surface area contributed by atoms with E-state index in [-0.39, 0.29) is 24.9 Å². The van der Waals surface area contributed by atoms with E-state index in [0.29, 0.717) is 50.7 Å². The second-order valence-corrected chi connectivity index (χ2v) is 52.0. The third kappa shape index (κ3) is 76.0. The Labute approximate surface area is 868 Å². The van der Waals surface area contributed by atoms with Crippen molar-refractivity contribution in [1.82, 2.24) is 0 Å². The zero-order valence-electron chi connectivity index (χ0n) is 102. The molecule has 0 amide bonds. The van der Waals surface area contributed by atoms with Gasteiger partial charge in [0.1, 0.15) is 0 Å². The zero-order chi connectivity index (χ0) is 110. The molecular formula is C131H241F3O5. The fourth-order valence-electron chi connectivity index (χ4n) is 17.7. The highest BCUT2D eigenvalue weighted by Gasteiger charge is 2.47. The summed E-state index contributed by atoms with van der Waals surface area (Å²) in [7, 11) is 0. The molecule has 0 spiro atoms. The average molecular weight is 1950 g/mol. The van der Waals surface area contributed by atoms with Gasteiger partial charge in [0.15, 0.2) is 0 Å². The van der Waals surface area contributed by atoms with Gasteiger partial charge in [0.2, 0.25) is 0 Å². The first kappa shape index (κ1) is 145. The standard InChI is InChI=1S/C13H20O.3C12H18.C10H14O.2C9H18O.C8H15F3.C8H16.3C8H18.C7H16O.C7H16/c1-10(2)12(13(3,4)14)11-8-6-5-7-9-11;1-10(2)12(3,4)11-8-6-5-7-9-11;2*1-4-12(10(2)3)11-8-6-5-7-9-11;1-2-9(8-11)10-6-4-3-5-7-10;1-8(2)9(3)4-6-10-7-5-9;1-8(2)7-9-3-5-10-6-4-9;1-6(2)5-7(3,4)8(9,10)11;1-7(2)6-8(3)4-5-8;1-7(2)6-8(3,4)5;1-6-8(4,5)7(2)3;1-5-8(6-2)7(3)4;1-6(2)5-7(3,4)8;1-6(2)7(3,4)5/h5-10,12,14H,1-4H3;5-10H,1-4H3;2*5-10,12H,4H2,1-3H3;3-7,9,11H,2,8H2,1H3;8H,4-7H2,1-3H3;8-9H,3-7H2,1-2H3;6H,5H2,1-4H3;7H,4-6H2,1-3H3;2*7H,6H2,1-5H3;7-8H,5-6H2,1-4H3;6,8H,5H2,1-4H3;6H,1-5H3/t;;2*12-;;;;;;;;;;/m..10........../s1. The van der Waals surface area contributed by atoms with Crippen molar-refractivity contribution in [3.63, 3.8) is 0 Å². The summed E-state index contributed by atoms with van der Waals surface area (Å²) in [5.41, 5.74) is 7.35. The normalized spacial score (nSPS) is 15.2. The molecule has 2 aliphatic heterocycles. The highest BCUT2D eigenvalue weighted by Crippen LogP contribution is 2.50. The number of hydrogen-bond acceptors (Lipinski definition) is 5. The smallest absolute Gasteiger partial charge is 0.393 e. The van der Waals surface area contributed by atoms with Gasteiger partial charge in [-0.25, -0.2) is 0 Å². The molecule has 2 heterocycles. The molecule has 0 aromatic heterocycles. The Morgan fingerprint density at radius 1 is 0.374 bits per heavy atom. The average Bonchev–Trinajstić information content (AvgIpc) is 1.75. The molecule has 5 aromatic carbocycles. The summed E-state index contributed by atoms with van der Waals surface area (Å²) in [5.74, 6) is 13.1. The van der Waals surface area contributed by atoms with Crippen LogP contribution in [-0.2, 0) is 14.9 Å². The van der Waals surface area contributed by atoms with Gasteiger partial charge in [-0.2, -0.15) is 13.2 Å². The highest BCUT2D eigenvalue weighted by molar-refractivity contribution is 5.26. The highest BCUT2D eigenvalue weighted by atomic mass is 19.4. The number of halogens is 3. The van der Waals surface area contributed by atoms with E-state index in [0.717, 1.165) is 122 Å². The lowest BCUT2D eigenvalue weighted by Crippen LogP contribution is -2.33. The Morgan fingerprint density at radius 3 is 0.899 bits per heavy atom. The molecule has 0 bridgehead atoms. The van der Waals surface area contributed by atoms with Gasteiger partial charge >= 0.3 is 6.18 Å². The molecule has 139 heavy (non-hydrogen) atoms. The molecule has 1 aliphatic carbocycles. The number of rotatable bonds is 29. The van der Waals surface area contributed by atoms with Crippen molar-refractivity contribution < 1.29 is 38.0 Å². The van der Waals surface area contributed by atoms with Gasteiger partial charge in [-0.1, -0.05) is 489 Å². The van der Waals surface area contributed by atoms with Crippen LogP contribution in [-0.4, -0.2) is 65.7 Å². The minimum Gasteiger partial charge on any atom is -0.396 e. The molecule has 3 N–H and O–H groups in total. The molecule has 0 radical (unpaired) electrons. The fourth-order valence-corrected chi connectivity index (χ4v) is 17.7. The summed E-state index contributed by atoms with van der Waals surface area (Å²) in [4.78, 5) is 0. The Morgan fingerprint density at radius 2 is 0.719 bits per heavy atom. The second-order valence-electron chi connectivity index (χ2n) is 52.0. The van der Waals surface area contributed by atoms with Gasteiger partial charge in [0.05, 0.1) is 16.6 Å². The first-order valence-corrected chi connectivity index (χ1v) is 56.1. The number of aliphatic hydroxyl groups excluding tert-OH is 1. The predicted octanol–water partition coefficient (Wildman–Crippen LogP) is 41.8. The maximum atomic E-state index is 12.2. The van der Waals surface area contributed by atoms with E-state index in [1.807, 2.05) is 64.1 Å². The third-order valence-electron chi connectivity index (χ3n) is 29.5. The van der Waals surface area contributed by atoms with Crippen LogP contribution < -0.4 is 0 Å². The quantitative estimate of drug-likeness (QED) is 0.0445. The summed E-state index contributed by atoms with van der Waals surface area (Å²) in [6.07, 6.45) is 16.6. The van der Waals surface area contributed by atoms with E-state index < -0.39 is 22.8 Å². The molecule has 5 aromatic rings. The number of benzene rings is 5. The molecule has 2 unspecified atom stereocenters. The van der Waals surface area contributed by atoms with Gasteiger partial charge < -0.3 is 24.8 Å². The minimum absolute atomic E-state index is 0.0895. The molecule has 2 saturated heterocycles. The van der Waals surface area contributed by atoms with Crippen LogP contribution in [0.15, 0.2) is 152 Å². The summed E-state index contributed by atoms with van der Waals surface area (Å²) in [5, 5.41) is 28.3. The molecule has 8 rings (SSSR count). The Balaban J connectivity index is -0.000000344. The minimum atomic E-state index is -4.07. The van der Waals surface area contributed by atoms with Crippen molar-refractivity contribution in [2.24, 2.45) is 121 Å². The number of aliphatic hydroxyl groups is 3. The molecular weight excluding hydrogens is 1710 g/mol. The Bertz CT molecular complexity index is 3410. The van der Waals surface area contributed by atoms with Crippen molar-refractivity contribution in [2.75, 3.05) is 33.0 Å². The third-order valence-corrected chi connectivity index (χ3v) is 29.5. The van der Waals surface area contributed by atoms with Crippen LogP contribution in [0, 0.1) is 121 Å². The van der Waals surface area contributed by atoms with Crippen LogP contribution in [0.4, 0.5) is 13.2 Å². The van der Waals surface area contributed by atoms with Gasteiger partial charge in [0.25, 0.3) is 0 Å². The largest absolute Gasteiger partial charge is 0.396 e. The number of ether oxygens (including phenoxy) is 2. The maximum absolute atomic E-state index is 12.2. The lowest BCUT2D eigenvalue weighted by atomic mass is 9.73. The van der Waals surface area contributed by atoms with Crippen LogP contribution in [0.25, 0.3) is 0 Å². The number of hydrogen-bond donors (Lipinski definition) is 3. The summed E-state index contributed by atoms with van der Waals surface area (Å²) < 4.78 is 47.2. The topological polar surface area (TPSA) is 79.2 Å². The molecule has 3 aliphatic rings. The first-order valence-electron chi connectivity index (χ1n) is 56.1. The summed E-state index contributed by atoms with van der Waals surface area (Å²) in [6, 6.07) is 52.6. The molecule has 4 atom stereocenters. The molecule has 8 heteroatoms. The zero-order valence-corrected chi connectivity index (χ0v) is 102. The Kier molecular flexibility index (Phi) is 78.8. The second kappa shape index (κ2) is 75.4. The van der Waals surface area contributed by atoms with Gasteiger partial charge in [-0.15, -0.1) is 0 Å². The first-order chi connectivity index (χ1) is 63.6. The fraction of sp³-hybridized carbons (Fsp3) is 0.771. The summed E-state index contributed by atoms with van der Waals surface area (Å²) >= 11 is 0. The lowest BCUT2D eigenvalue weighted by Gasteiger charge is -2.37. The number of alkyl halides is 3. The SMILES string of the molecule is CC(C)C(C)(C)C.CC(C)C(C)(C)c1ccccc1.CC(C)C(c1ccccc1)C(C)(C)O.CC(C)C1(C)CCOCC1.CC(C)CC(C)(C)C.CC(C)CC(C)(C)C(F)(F)F.CC(C)CC(C)(C)O.CC(C)CC1(C)CC1.CC(C)CC1CCOCC1.CCC(C)(C)C(C)C.CCC(CC)C(C)C.CCC(CO)c1ccccc1.CC[C@@H](c1ccccc1)C(C)C.CC[C@H](c1ccccc1)C(C)C. The van der Waals surface area contributed by atoms with E-state index in [9.17, 15) is 23.4 Å². The van der Waals surface area contributed by atoms with Crippen molar-refractivity contribution in [3.8, 4) is 0 Å². The van der Waals surface area contributed by atoms with Gasteiger partial charge in [-0.3, -0.25) is 0 Å². The lowest BCUT2D eigenvalue weighted by molar-refractivity contribution is -0.216. The van der Waals surface area contributed by atoms with E-state index in [1.165, 1.54) is 132 Å². The molecule has 5 nitrogen and oxygen atoms in total. The van der Waals surface area contributed by atoms with E-state index in [1.54, 1.807) is 13.8 Å². The van der Waals surface area contributed by atoms with Crippen LogP contribution in [0.5, 0.6) is 0 Å². The van der Waals surface area contributed by atoms with Crippen molar-refractivity contribution in [3.05, 3.63) is 179 Å². The van der Waals surface area contributed by atoms with Crippen molar-refractivity contribution in [2.45, 2.75) is 502 Å². The maximum Gasteiger partial charge on any atom is 0.393 e. The van der Waals surface area contributed by atoms with E-state index in [4.69, 9.17) is 14.6 Å². The molecule has 1 saturated carbocycles. The van der Waals surface area contributed by atoms with Crippen LogP contribution in [0.1, 0.15) is 507 Å². The molecule has 3 fully saturated rings. The van der Waals surface area contributed by atoms with Crippen LogP contribution in [0.3, 0.4) is 0 Å². The monoisotopic (exact) mass is 1950 g/mol. The van der Waals surface area contributed by atoms with E-state index >= 15 is 0 Å². The van der Waals surface area contributed by atoms with Gasteiger partial charge in [-0.05, 0) is 278 Å². The van der Waals surface area contributed by atoms with Crippen LogP contribution >= 0.6 is 0 Å². The van der Waals surface area contributed by atoms with Crippen LogP contribution in [0.2, 0.25) is 0 Å². The summed E-state index contributed by atoms with van der Waals surface area (Å²) in [6.45, 7) is 113. The van der Waals surface area contributed by atoms with Crippen molar-refractivity contribution in [1.29, 1.82) is 0 Å². The van der Waals surface area contributed by atoms with Crippen molar-refractivity contribution >= 4 is 0 Å². The molecule has 816 valence electrons. The Hall–Kier alpha value is -4.31. The van der Waals surface area contributed by atoms with E-state index in [2.05, 4.69) is 406 Å².